The van der Waals surface area contributed by atoms with Crippen LogP contribution in [-0.4, -0.2) is 58.5 Å². The third-order valence-corrected chi connectivity index (χ3v) is 4.87. The Bertz CT molecular complexity index is 1200. The van der Waals surface area contributed by atoms with E-state index in [-0.39, 0.29) is 10.9 Å². The van der Waals surface area contributed by atoms with Crippen LogP contribution in [-0.2, 0) is 4.79 Å². The number of pyridine rings is 1. The summed E-state index contributed by atoms with van der Waals surface area (Å²) in [7, 11) is 0. The van der Waals surface area contributed by atoms with Crippen LogP contribution in [0.4, 0.5) is 80.3 Å². The molecule has 0 saturated heterocycles. The first-order valence-electron chi connectivity index (χ1n) is 9.09. The Balaban J connectivity index is 2.52. The number of rotatable bonds is 8. The molecule has 0 fully saturated rings. The first-order chi connectivity index (χ1) is 16.7. The highest BCUT2D eigenvalue weighted by Gasteiger charge is 2.95. The molecule has 1 N–H and O–H groups in total. The van der Waals surface area contributed by atoms with Crippen molar-refractivity contribution in [3.05, 3.63) is 36.5 Å². The lowest BCUT2D eigenvalue weighted by Gasteiger charge is -2.42. The second kappa shape index (κ2) is 8.72. The van der Waals surface area contributed by atoms with Crippen LogP contribution in [0.2, 0.25) is 0 Å². The fourth-order valence-corrected chi connectivity index (χ4v) is 2.67. The molecule has 1 amide bonds. The van der Waals surface area contributed by atoms with E-state index in [1.54, 1.807) is 0 Å². The second-order valence-electron chi connectivity index (χ2n) is 7.38. The summed E-state index contributed by atoms with van der Waals surface area (Å²) in [4.78, 5) is 15.3. The van der Waals surface area contributed by atoms with Crippen LogP contribution >= 0.6 is 0 Å². The standard InChI is InChI=1S/C18H7F17N2O/c19-11(20,10(38)37-8-3-4-9-7(6-8)2-1-5-36-9)12(21,22)13(23,24)14(25,26)15(27,28)16(29,30)17(31,32)18(33,34)35/h1-6H,(H,37,38). The Morgan fingerprint density at radius 2 is 1.05 bits per heavy atom. The van der Waals surface area contributed by atoms with E-state index in [1.807, 2.05) is 0 Å². The number of carbonyl (C=O) groups excluding carboxylic acids is 1. The van der Waals surface area contributed by atoms with E-state index >= 15 is 0 Å². The van der Waals surface area contributed by atoms with E-state index in [0.717, 1.165) is 11.4 Å². The van der Waals surface area contributed by atoms with Crippen LogP contribution in [0.5, 0.6) is 0 Å². The Kier molecular flexibility index (Phi) is 7.14. The predicted molar refractivity (Wildman–Crippen MR) is 91.1 cm³/mol. The zero-order valence-electron chi connectivity index (χ0n) is 17.2. The second-order valence-corrected chi connectivity index (χ2v) is 7.38. The number of amides is 1. The van der Waals surface area contributed by atoms with Crippen molar-refractivity contribution in [2.75, 3.05) is 5.32 Å². The largest absolute Gasteiger partial charge is 0.460 e. The van der Waals surface area contributed by atoms with Crippen LogP contribution in [0.1, 0.15) is 0 Å². The number of fused-ring (bicyclic) bond motifs is 1. The van der Waals surface area contributed by atoms with Gasteiger partial charge in [0.25, 0.3) is 0 Å². The highest BCUT2D eigenvalue weighted by atomic mass is 19.4. The van der Waals surface area contributed by atoms with Crippen LogP contribution in [0.15, 0.2) is 36.5 Å². The Labute approximate surface area is 197 Å². The number of benzene rings is 1. The number of alkyl halides is 17. The number of hydrogen-bond donors (Lipinski definition) is 1. The average Bonchev–Trinajstić information content (AvgIpc) is 2.77. The van der Waals surface area contributed by atoms with Crippen LogP contribution in [0, 0.1) is 0 Å². The highest BCUT2D eigenvalue weighted by Crippen LogP contribution is 2.64. The van der Waals surface area contributed by atoms with E-state index in [4.69, 9.17) is 0 Å². The molecule has 1 aromatic carbocycles. The molecule has 0 aliphatic carbocycles. The summed E-state index contributed by atoms with van der Waals surface area (Å²) >= 11 is 0. The molecule has 1 aromatic heterocycles. The third-order valence-electron chi connectivity index (χ3n) is 4.87. The van der Waals surface area contributed by atoms with Crippen LogP contribution < -0.4 is 5.32 Å². The zero-order chi connectivity index (χ0) is 30.0. The molecule has 0 unspecified atom stereocenters. The molecule has 0 saturated carbocycles. The van der Waals surface area contributed by atoms with Gasteiger partial charge in [-0.2, -0.15) is 74.6 Å². The molecule has 1 heterocycles. The topological polar surface area (TPSA) is 42.0 Å². The number of carbonyl (C=O) groups is 1. The van der Waals surface area contributed by atoms with Gasteiger partial charge in [-0.25, -0.2) is 0 Å². The normalized spacial score (nSPS) is 15.1. The van der Waals surface area contributed by atoms with Crippen molar-refractivity contribution >= 4 is 22.5 Å². The van der Waals surface area contributed by atoms with Gasteiger partial charge in [0.2, 0.25) is 0 Å². The summed E-state index contributed by atoms with van der Waals surface area (Å²) in [5.41, 5.74) is -0.852. The predicted octanol–water partition coefficient (Wildman–Crippen LogP) is 7.18. The Hall–Kier alpha value is -3.09. The van der Waals surface area contributed by atoms with Gasteiger partial charge in [0, 0.05) is 17.3 Å². The monoisotopic (exact) mass is 590 g/mol. The van der Waals surface area contributed by atoms with Gasteiger partial charge in [0.05, 0.1) is 5.52 Å². The minimum Gasteiger partial charge on any atom is -0.321 e. The molecule has 0 aliphatic rings. The maximum atomic E-state index is 14.0. The van der Waals surface area contributed by atoms with E-state index in [0.29, 0.717) is 12.1 Å². The van der Waals surface area contributed by atoms with Crippen molar-refractivity contribution in [3.8, 4) is 0 Å². The van der Waals surface area contributed by atoms with Crippen LogP contribution in [0.3, 0.4) is 0 Å². The van der Waals surface area contributed by atoms with Crippen molar-refractivity contribution in [1.29, 1.82) is 0 Å². The van der Waals surface area contributed by atoms with E-state index in [9.17, 15) is 79.4 Å². The van der Waals surface area contributed by atoms with E-state index in [2.05, 4.69) is 4.98 Å². The number of aromatic nitrogens is 1. The van der Waals surface area contributed by atoms with Crippen molar-refractivity contribution in [3.63, 3.8) is 0 Å². The zero-order valence-corrected chi connectivity index (χ0v) is 17.2. The van der Waals surface area contributed by atoms with Crippen LogP contribution in [0.25, 0.3) is 10.9 Å². The fourth-order valence-electron chi connectivity index (χ4n) is 2.67. The third kappa shape index (κ3) is 4.15. The Morgan fingerprint density at radius 3 is 1.53 bits per heavy atom. The molecule has 2 rings (SSSR count). The van der Waals surface area contributed by atoms with Gasteiger partial charge in [0.15, 0.2) is 0 Å². The lowest BCUT2D eigenvalue weighted by atomic mass is 9.89. The smallest absolute Gasteiger partial charge is 0.321 e. The lowest BCUT2D eigenvalue weighted by molar-refractivity contribution is -0.459. The first kappa shape index (κ1) is 31.1. The molecule has 38 heavy (non-hydrogen) atoms. The number of nitrogens with one attached hydrogen (secondary N) is 1. The summed E-state index contributed by atoms with van der Waals surface area (Å²) in [5, 5.41) is 0.814. The molecule has 0 atom stereocenters. The molecule has 0 spiro atoms. The average molecular weight is 590 g/mol. The lowest BCUT2D eigenvalue weighted by Crippen LogP contribution is -2.75. The van der Waals surface area contributed by atoms with Gasteiger partial charge in [-0.05, 0) is 24.3 Å². The van der Waals surface area contributed by atoms with Gasteiger partial charge < -0.3 is 5.32 Å². The first-order valence-corrected chi connectivity index (χ1v) is 9.09. The van der Waals surface area contributed by atoms with Crippen molar-refractivity contribution in [1.82, 2.24) is 4.98 Å². The Morgan fingerprint density at radius 1 is 0.605 bits per heavy atom. The summed E-state index contributed by atoms with van der Waals surface area (Å²) < 4.78 is 226. The van der Waals surface area contributed by atoms with Crippen molar-refractivity contribution in [2.45, 2.75) is 47.6 Å². The van der Waals surface area contributed by atoms with Crippen molar-refractivity contribution in [2.24, 2.45) is 0 Å². The summed E-state index contributed by atoms with van der Waals surface area (Å²) in [6.07, 6.45) is -6.64. The summed E-state index contributed by atoms with van der Waals surface area (Å²) in [6, 6.07) is 4.64. The quantitative estimate of drug-likeness (QED) is 0.331. The molecule has 20 heteroatoms. The van der Waals surface area contributed by atoms with Crippen molar-refractivity contribution < 1.29 is 79.4 Å². The van der Waals surface area contributed by atoms with E-state index < -0.39 is 59.2 Å². The maximum Gasteiger partial charge on any atom is 0.460 e. The molecule has 3 nitrogen and oxygen atoms in total. The van der Waals surface area contributed by atoms with E-state index in [1.165, 1.54) is 18.3 Å². The fraction of sp³-hybridized carbons (Fsp3) is 0.444. The molecule has 2 aromatic rings. The van der Waals surface area contributed by atoms with Gasteiger partial charge in [-0.3, -0.25) is 9.78 Å². The van der Waals surface area contributed by atoms with Gasteiger partial charge >= 0.3 is 53.5 Å². The summed E-state index contributed by atoms with van der Waals surface area (Å²) in [5.74, 6) is -61.8. The summed E-state index contributed by atoms with van der Waals surface area (Å²) in [6.45, 7) is 0. The molecule has 0 radical (unpaired) electrons. The minimum atomic E-state index is -8.76. The molecule has 0 aliphatic heterocycles. The number of hydrogen-bond acceptors (Lipinski definition) is 2. The number of nitrogens with zero attached hydrogens (tertiary/aromatic N) is 1. The highest BCUT2D eigenvalue weighted by molar-refractivity contribution is 5.98. The van der Waals surface area contributed by atoms with Gasteiger partial charge in [-0.15, -0.1) is 0 Å². The molecule has 214 valence electrons. The van der Waals surface area contributed by atoms with Gasteiger partial charge in [-0.1, -0.05) is 6.07 Å². The minimum absolute atomic E-state index is 0.0234. The molecular weight excluding hydrogens is 583 g/mol. The molecular formula is C18H7F17N2O. The maximum absolute atomic E-state index is 14.0. The number of halogens is 17. The number of anilines is 1. The molecule has 0 bridgehead atoms. The van der Waals surface area contributed by atoms with Gasteiger partial charge in [0.1, 0.15) is 0 Å². The SMILES string of the molecule is O=C(Nc1ccc2ncccc2c1)C(F)(F)C(F)(F)C(F)(F)C(F)(F)C(F)(F)C(F)(F)C(F)(F)C(F)(F)F.